The van der Waals surface area contributed by atoms with E-state index in [1.165, 1.54) is 13.2 Å². The van der Waals surface area contributed by atoms with E-state index in [1.54, 1.807) is 32.9 Å². The lowest BCUT2D eigenvalue weighted by Gasteiger charge is -2.33. The van der Waals surface area contributed by atoms with Gasteiger partial charge < -0.3 is 9.64 Å². The summed E-state index contributed by atoms with van der Waals surface area (Å²) in [5.41, 5.74) is -0.269. The van der Waals surface area contributed by atoms with Gasteiger partial charge in [-0.25, -0.2) is 13.1 Å². The standard InChI is InChI=1S/C18H28N2O4S/c1-13-8-6-7-11-20(13)17(21)14-9-10-15(24-5)16(12-14)25(22,23)19-18(2,3)4/h9-10,12-13,19H,6-8,11H2,1-5H3. The van der Waals surface area contributed by atoms with Crippen molar-refractivity contribution in [3.8, 4) is 5.75 Å². The maximum Gasteiger partial charge on any atom is 0.254 e. The third-order valence-electron chi connectivity index (χ3n) is 4.20. The van der Waals surface area contributed by atoms with Crippen LogP contribution < -0.4 is 9.46 Å². The highest BCUT2D eigenvalue weighted by atomic mass is 32.2. The number of hydrogen-bond acceptors (Lipinski definition) is 4. The molecule has 1 fully saturated rings. The maximum atomic E-state index is 12.8. The summed E-state index contributed by atoms with van der Waals surface area (Å²) in [5, 5.41) is 0. The quantitative estimate of drug-likeness (QED) is 0.887. The molecule has 0 saturated carbocycles. The van der Waals surface area contributed by atoms with E-state index < -0.39 is 15.6 Å². The Hall–Kier alpha value is -1.60. The molecular weight excluding hydrogens is 340 g/mol. The molecule has 2 rings (SSSR count). The molecule has 1 aliphatic rings. The number of carbonyl (C=O) groups is 1. The van der Waals surface area contributed by atoms with Gasteiger partial charge in [0, 0.05) is 23.7 Å². The van der Waals surface area contributed by atoms with Gasteiger partial charge in [-0.05, 0) is 65.2 Å². The molecule has 6 nitrogen and oxygen atoms in total. The lowest BCUT2D eigenvalue weighted by molar-refractivity contribution is 0.0635. The highest BCUT2D eigenvalue weighted by Gasteiger charge is 2.29. The Bertz CT molecular complexity index is 738. The molecule has 1 N–H and O–H groups in total. The van der Waals surface area contributed by atoms with Crippen LogP contribution >= 0.6 is 0 Å². The number of nitrogens with one attached hydrogen (secondary N) is 1. The average molecular weight is 368 g/mol. The number of rotatable bonds is 4. The highest BCUT2D eigenvalue weighted by Crippen LogP contribution is 2.28. The van der Waals surface area contributed by atoms with E-state index in [0.29, 0.717) is 12.1 Å². The number of likely N-dealkylation sites (tertiary alicyclic amines) is 1. The van der Waals surface area contributed by atoms with Crippen LogP contribution in [0.15, 0.2) is 23.1 Å². The summed E-state index contributed by atoms with van der Waals surface area (Å²) in [5.74, 6) is 0.0852. The molecule has 1 amide bonds. The van der Waals surface area contributed by atoms with Crippen molar-refractivity contribution in [2.24, 2.45) is 0 Å². The van der Waals surface area contributed by atoms with Crippen molar-refractivity contribution < 1.29 is 17.9 Å². The van der Waals surface area contributed by atoms with Gasteiger partial charge in [0.1, 0.15) is 10.6 Å². The first-order valence-electron chi connectivity index (χ1n) is 8.58. The third-order valence-corrected chi connectivity index (χ3v) is 5.98. The van der Waals surface area contributed by atoms with Gasteiger partial charge in [-0.3, -0.25) is 4.79 Å². The van der Waals surface area contributed by atoms with Crippen molar-refractivity contribution in [2.75, 3.05) is 13.7 Å². The third kappa shape index (κ3) is 4.73. The summed E-state index contributed by atoms with van der Waals surface area (Å²) in [4.78, 5) is 14.6. The molecule has 1 atom stereocenters. The topological polar surface area (TPSA) is 75.7 Å². The van der Waals surface area contributed by atoms with Crippen molar-refractivity contribution in [1.82, 2.24) is 9.62 Å². The first-order chi connectivity index (χ1) is 11.5. The number of methoxy groups -OCH3 is 1. The lowest BCUT2D eigenvalue weighted by atomic mass is 10.0. The molecular formula is C18H28N2O4S. The number of nitrogens with zero attached hydrogens (tertiary/aromatic N) is 1. The minimum absolute atomic E-state index is 0.0135. The molecule has 0 spiro atoms. The number of amides is 1. The van der Waals surface area contributed by atoms with Crippen LogP contribution in [0.4, 0.5) is 0 Å². The summed E-state index contributed by atoms with van der Waals surface area (Å²) in [6.45, 7) is 8.03. The van der Waals surface area contributed by atoms with E-state index in [4.69, 9.17) is 4.74 Å². The molecule has 25 heavy (non-hydrogen) atoms. The van der Waals surface area contributed by atoms with Crippen LogP contribution in [0.25, 0.3) is 0 Å². The molecule has 0 aliphatic carbocycles. The predicted octanol–water partition coefficient (Wildman–Crippen LogP) is 2.79. The van der Waals surface area contributed by atoms with Crippen molar-refractivity contribution >= 4 is 15.9 Å². The van der Waals surface area contributed by atoms with E-state index >= 15 is 0 Å². The van der Waals surface area contributed by atoms with Crippen LogP contribution in [0.3, 0.4) is 0 Å². The predicted molar refractivity (Wildman–Crippen MR) is 97.4 cm³/mol. The van der Waals surface area contributed by atoms with E-state index in [1.807, 2.05) is 11.8 Å². The smallest absolute Gasteiger partial charge is 0.254 e. The fraction of sp³-hybridized carbons (Fsp3) is 0.611. The molecule has 140 valence electrons. The van der Waals surface area contributed by atoms with Gasteiger partial charge in [-0.2, -0.15) is 0 Å². The molecule has 1 heterocycles. The minimum Gasteiger partial charge on any atom is -0.495 e. The zero-order chi connectivity index (χ0) is 18.8. The fourth-order valence-electron chi connectivity index (χ4n) is 3.04. The molecule has 0 radical (unpaired) electrons. The van der Waals surface area contributed by atoms with Crippen molar-refractivity contribution in [2.45, 2.75) is 63.4 Å². The van der Waals surface area contributed by atoms with E-state index in [-0.39, 0.29) is 22.6 Å². The highest BCUT2D eigenvalue weighted by molar-refractivity contribution is 7.89. The molecule has 1 aliphatic heterocycles. The van der Waals surface area contributed by atoms with Gasteiger partial charge in [0.05, 0.1) is 7.11 Å². The molecule has 1 saturated heterocycles. The Morgan fingerprint density at radius 1 is 1.28 bits per heavy atom. The van der Waals surface area contributed by atoms with Crippen LogP contribution in [0.5, 0.6) is 5.75 Å². The summed E-state index contributed by atoms with van der Waals surface area (Å²) < 4.78 is 33.3. The van der Waals surface area contributed by atoms with Gasteiger partial charge in [0.25, 0.3) is 5.91 Å². The monoisotopic (exact) mass is 368 g/mol. The first-order valence-corrected chi connectivity index (χ1v) is 10.1. The summed E-state index contributed by atoms with van der Waals surface area (Å²) in [6, 6.07) is 4.74. The zero-order valence-corrected chi connectivity index (χ0v) is 16.4. The van der Waals surface area contributed by atoms with E-state index in [9.17, 15) is 13.2 Å². The number of piperidine rings is 1. The van der Waals surface area contributed by atoms with Crippen molar-refractivity contribution in [1.29, 1.82) is 0 Å². The second-order valence-corrected chi connectivity index (χ2v) is 9.22. The van der Waals surface area contributed by atoms with E-state index in [0.717, 1.165) is 19.3 Å². The Kier molecular flexibility index (Phi) is 5.79. The van der Waals surface area contributed by atoms with Gasteiger partial charge in [-0.1, -0.05) is 0 Å². The molecule has 1 unspecified atom stereocenters. The maximum absolute atomic E-state index is 12.8. The summed E-state index contributed by atoms with van der Waals surface area (Å²) >= 11 is 0. The fourth-order valence-corrected chi connectivity index (χ4v) is 4.66. The van der Waals surface area contributed by atoms with Crippen LogP contribution in [0.2, 0.25) is 0 Å². The number of benzene rings is 1. The first kappa shape index (κ1) is 19.7. The summed E-state index contributed by atoms with van der Waals surface area (Å²) in [6.07, 6.45) is 3.06. The van der Waals surface area contributed by atoms with Crippen LogP contribution in [0.1, 0.15) is 57.3 Å². The second-order valence-electron chi connectivity index (χ2n) is 7.56. The van der Waals surface area contributed by atoms with Gasteiger partial charge in [0.2, 0.25) is 10.0 Å². The Morgan fingerprint density at radius 3 is 2.52 bits per heavy atom. The van der Waals surface area contributed by atoms with Crippen molar-refractivity contribution in [3.63, 3.8) is 0 Å². The van der Waals surface area contributed by atoms with Gasteiger partial charge in [-0.15, -0.1) is 0 Å². The van der Waals surface area contributed by atoms with Gasteiger partial charge in [0.15, 0.2) is 0 Å². The second kappa shape index (κ2) is 7.33. The minimum atomic E-state index is -3.81. The molecule has 1 aromatic carbocycles. The van der Waals surface area contributed by atoms with Crippen LogP contribution in [-0.2, 0) is 10.0 Å². The summed E-state index contributed by atoms with van der Waals surface area (Å²) in [7, 11) is -2.39. The number of hydrogen-bond donors (Lipinski definition) is 1. The van der Waals surface area contributed by atoms with E-state index in [2.05, 4.69) is 4.72 Å². The zero-order valence-electron chi connectivity index (χ0n) is 15.6. The molecule has 0 bridgehead atoms. The average Bonchev–Trinajstić information content (AvgIpc) is 2.52. The van der Waals surface area contributed by atoms with Gasteiger partial charge >= 0.3 is 0 Å². The largest absolute Gasteiger partial charge is 0.495 e. The van der Waals surface area contributed by atoms with Crippen molar-refractivity contribution in [3.05, 3.63) is 23.8 Å². The Balaban J connectivity index is 2.41. The van der Waals surface area contributed by atoms with Crippen LogP contribution in [0, 0.1) is 0 Å². The number of sulfonamides is 1. The molecule has 7 heteroatoms. The normalized spacial score (nSPS) is 18.9. The number of ether oxygens (including phenoxy) is 1. The number of carbonyl (C=O) groups excluding carboxylic acids is 1. The Labute approximate surface area is 150 Å². The molecule has 1 aromatic rings. The Morgan fingerprint density at radius 2 is 1.96 bits per heavy atom. The lowest BCUT2D eigenvalue weighted by Crippen LogP contribution is -2.42. The van der Waals surface area contributed by atoms with Crippen LogP contribution in [-0.4, -0.2) is 44.5 Å². The SMILES string of the molecule is COc1ccc(C(=O)N2CCCCC2C)cc1S(=O)(=O)NC(C)(C)C. The molecule has 0 aromatic heterocycles.